The van der Waals surface area contributed by atoms with E-state index in [1.807, 2.05) is 0 Å². The lowest BCUT2D eigenvalue weighted by molar-refractivity contribution is -0.143. The van der Waals surface area contributed by atoms with Crippen LogP contribution in [-0.4, -0.2) is 57.3 Å². The van der Waals surface area contributed by atoms with Crippen LogP contribution in [0.1, 0.15) is 26.2 Å². The topological polar surface area (TPSA) is 107 Å². The number of rotatable bonds is 11. The van der Waals surface area contributed by atoms with E-state index in [9.17, 15) is 22.8 Å². The van der Waals surface area contributed by atoms with Crippen LogP contribution in [-0.2, 0) is 33.9 Å². The molecule has 0 atom stereocenters. The molecule has 8 nitrogen and oxygen atoms in total. The Kier molecular flexibility index (Phi) is 8.97. The molecule has 2 aromatic carbocycles. The largest absolute Gasteiger partial charge is 0.469 e. The monoisotopic (exact) mass is 469 g/mol. The number of halogens is 1. The summed E-state index contributed by atoms with van der Waals surface area (Å²) in [6.45, 7) is 0.568. The number of ether oxygens (including phenoxy) is 2. The van der Waals surface area contributed by atoms with Crippen LogP contribution in [0.2, 0.25) is 5.02 Å². The molecule has 0 saturated heterocycles. The number of hydrogen-bond acceptors (Lipinski definition) is 7. The molecule has 0 aliphatic carbocycles. The number of methoxy groups -OCH3 is 1. The molecule has 0 saturated carbocycles. The first-order chi connectivity index (χ1) is 14.7. The van der Waals surface area contributed by atoms with E-state index in [0.29, 0.717) is 10.4 Å². The Bertz CT molecular complexity index is 1070. The second kappa shape index (κ2) is 11.2. The third kappa shape index (κ3) is 7.02. The lowest BCUT2D eigenvalue weighted by Crippen LogP contribution is -2.40. The standard InChI is InChI=1S/C21H24ClNO7S/c1-3-30-21(26)14-23(13-18(24)5-4-6-20(25)29-2)31(27,28)19-10-8-15-11-17(22)9-7-16(15)12-19/h7-12H,3-6,13-14H2,1-2H3. The van der Waals surface area contributed by atoms with Gasteiger partial charge in [-0.05, 0) is 48.4 Å². The average molecular weight is 470 g/mol. The maximum Gasteiger partial charge on any atom is 0.321 e. The molecule has 0 fully saturated rings. The van der Waals surface area contributed by atoms with Gasteiger partial charge in [0.1, 0.15) is 12.3 Å². The molecule has 0 spiro atoms. The number of esters is 2. The fourth-order valence-corrected chi connectivity index (χ4v) is 4.47. The predicted octanol–water partition coefficient (Wildman–Crippen LogP) is 2.96. The van der Waals surface area contributed by atoms with Gasteiger partial charge in [-0.3, -0.25) is 14.4 Å². The van der Waals surface area contributed by atoms with E-state index in [0.717, 1.165) is 9.69 Å². The lowest BCUT2D eigenvalue weighted by Gasteiger charge is -2.21. The van der Waals surface area contributed by atoms with Gasteiger partial charge in [-0.25, -0.2) is 8.42 Å². The van der Waals surface area contributed by atoms with Crippen molar-refractivity contribution >= 4 is 50.1 Å². The van der Waals surface area contributed by atoms with Gasteiger partial charge in [0.2, 0.25) is 10.0 Å². The minimum absolute atomic E-state index is 0.0276. The summed E-state index contributed by atoms with van der Waals surface area (Å²) in [7, 11) is -2.92. The summed E-state index contributed by atoms with van der Waals surface area (Å²) in [4.78, 5) is 35.5. The van der Waals surface area contributed by atoms with Crippen molar-refractivity contribution in [2.75, 3.05) is 26.8 Å². The molecule has 0 aromatic heterocycles. The zero-order valence-corrected chi connectivity index (χ0v) is 18.9. The van der Waals surface area contributed by atoms with Crippen molar-refractivity contribution in [2.45, 2.75) is 31.1 Å². The fraction of sp³-hybridized carbons (Fsp3) is 0.381. The lowest BCUT2D eigenvalue weighted by atomic mass is 10.1. The van der Waals surface area contributed by atoms with Gasteiger partial charge in [-0.15, -0.1) is 0 Å². The maximum atomic E-state index is 13.2. The normalized spacial score (nSPS) is 11.5. The van der Waals surface area contributed by atoms with E-state index in [2.05, 4.69) is 4.74 Å². The average Bonchev–Trinajstić information content (AvgIpc) is 2.72. The number of carbonyl (C=O) groups is 3. The number of benzene rings is 2. The van der Waals surface area contributed by atoms with E-state index in [1.54, 1.807) is 31.2 Å². The second-order valence-electron chi connectivity index (χ2n) is 6.70. The van der Waals surface area contributed by atoms with Gasteiger partial charge in [0, 0.05) is 17.9 Å². The van der Waals surface area contributed by atoms with Crippen LogP contribution in [0.5, 0.6) is 0 Å². The van der Waals surface area contributed by atoms with Crippen molar-refractivity contribution < 1.29 is 32.3 Å². The highest BCUT2D eigenvalue weighted by molar-refractivity contribution is 7.89. The molecule has 0 bridgehead atoms. The highest BCUT2D eigenvalue weighted by Crippen LogP contribution is 2.24. The molecule has 0 heterocycles. The number of nitrogens with zero attached hydrogens (tertiary/aromatic N) is 1. The number of ketones is 1. The third-order valence-corrected chi connectivity index (χ3v) is 6.46. The maximum absolute atomic E-state index is 13.2. The number of carbonyl (C=O) groups excluding carboxylic acids is 3. The van der Waals surface area contributed by atoms with Crippen LogP contribution in [0.25, 0.3) is 10.8 Å². The van der Waals surface area contributed by atoms with E-state index >= 15 is 0 Å². The summed E-state index contributed by atoms with van der Waals surface area (Å²) in [5.41, 5.74) is 0. The van der Waals surface area contributed by atoms with Crippen LogP contribution in [0.3, 0.4) is 0 Å². The van der Waals surface area contributed by atoms with Crippen LogP contribution < -0.4 is 0 Å². The van der Waals surface area contributed by atoms with E-state index < -0.39 is 40.8 Å². The Balaban J connectivity index is 2.26. The van der Waals surface area contributed by atoms with Gasteiger partial charge in [0.15, 0.2) is 0 Å². The summed E-state index contributed by atoms with van der Waals surface area (Å²) >= 11 is 5.97. The van der Waals surface area contributed by atoms with Crippen molar-refractivity contribution in [3.63, 3.8) is 0 Å². The SMILES string of the molecule is CCOC(=O)CN(CC(=O)CCCC(=O)OC)S(=O)(=O)c1ccc2cc(Cl)ccc2c1. The number of hydrogen-bond donors (Lipinski definition) is 0. The zero-order valence-electron chi connectivity index (χ0n) is 17.3. The van der Waals surface area contributed by atoms with Gasteiger partial charge >= 0.3 is 11.9 Å². The van der Waals surface area contributed by atoms with Gasteiger partial charge in [-0.2, -0.15) is 4.31 Å². The van der Waals surface area contributed by atoms with Crippen molar-refractivity contribution in [3.8, 4) is 0 Å². The molecule has 168 valence electrons. The molecule has 0 amide bonds. The molecular weight excluding hydrogens is 446 g/mol. The molecule has 10 heteroatoms. The molecule has 0 aliphatic heterocycles. The highest BCUT2D eigenvalue weighted by Gasteiger charge is 2.29. The van der Waals surface area contributed by atoms with Crippen molar-refractivity contribution in [3.05, 3.63) is 41.4 Å². The van der Waals surface area contributed by atoms with Gasteiger partial charge in [0.25, 0.3) is 0 Å². The van der Waals surface area contributed by atoms with Crippen LogP contribution >= 0.6 is 11.6 Å². The number of sulfonamides is 1. The Morgan fingerprint density at radius 1 is 0.968 bits per heavy atom. The first kappa shape index (κ1) is 24.8. The first-order valence-corrected chi connectivity index (χ1v) is 11.4. The summed E-state index contributed by atoms with van der Waals surface area (Å²) in [6, 6.07) is 9.49. The fourth-order valence-electron chi connectivity index (χ4n) is 2.89. The van der Waals surface area contributed by atoms with Crippen molar-refractivity contribution in [1.29, 1.82) is 0 Å². The molecule has 0 unspecified atom stereocenters. The van der Waals surface area contributed by atoms with Crippen molar-refractivity contribution in [2.24, 2.45) is 0 Å². The minimum atomic E-state index is -4.17. The molecule has 0 radical (unpaired) electrons. The number of fused-ring (bicyclic) bond motifs is 1. The van der Waals surface area contributed by atoms with E-state index in [1.165, 1.54) is 19.2 Å². The summed E-state index contributed by atoms with van der Waals surface area (Å²) < 4.78 is 36.6. The Labute approximate surface area is 186 Å². The Hall–Kier alpha value is -2.49. The van der Waals surface area contributed by atoms with Gasteiger partial charge in [0.05, 0.1) is 25.2 Å². The van der Waals surface area contributed by atoms with E-state index in [-0.39, 0.29) is 30.8 Å². The Morgan fingerprint density at radius 3 is 2.32 bits per heavy atom. The molecule has 2 rings (SSSR count). The summed E-state index contributed by atoms with van der Waals surface area (Å²) in [5.74, 6) is -1.65. The van der Waals surface area contributed by atoms with Gasteiger partial charge in [-0.1, -0.05) is 23.7 Å². The first-order valence-electron chi connectivity index (χ1n) is 9.61. The second-order valence-corrected chi connectivity index (χ2v) is 9.07. The number of Topliss-reactive ketones (excluding diaryl/α,β-unsaturated/α-hetero) is 1. The summed E-state index contributed by atoms with van der Waals surface area (Å²) in [6.07, 6.45) is 0.232. The quantitative estimate of drug-likeness (QED) is 0.465. The van der Waals surface area contributed by atoms with Crippen molar-refractivity contribution in [1.82, 2.24) is 4.31 Å². The molecule has 0 N–H and O–H groups in total. The smallest absolute Gasteiger partial charge is 0.321 e. The van der Waals surface area contributed by atoms with Crippen LogP contribution in [0.4, 0.5) is 0 Å². The molecule has 2 aromatic rings. The Morgan fingerprint density at radius 2 is 1.65 bits per heavy atom. The van der Waals surface area contributed by atoms with Crippen LogP contribution in [0.15, 0.2) is 41.3 Å². The molecule has 0 aliphatic rings. The van der Waals surface area contributed by atoms with Gasteiger partial charge < -0.3 is 9.47 Å². The van der Waals surface area contributed by atoms with E-state index in [4.69, 9.17) is 16.3 Å². The highest BCUT2D eigenvalue weighted by atomic mass is 35.5. The zero-order chi connectivity index (χ0) is 23.0. The van der Waals surface area contributed by atoms with Crippen LogP contribution in [0, 0.1) is 0 Å². The molecule has 31 heavy (non-hydrogen) atoms. The summed E-state index contributed by atoms with van der Waals surface area (Å²) in [5, 5.41) is 1.91. The molecular formula is C21H24ClNO7S. The minimum Gasteiger partial charge on any atom is -0.469 e. The predicted molar refractivity (Wildman–Crippen MR) is 115 cm³/mol. The third-order valence-electron chi connectivity index (χ3n) is 4.44.